The van der Waals surface area contributed by atoms with E-state index in [1.54, 1.807) is 11.3 Å². The predicted octanol–water partition coefficient (Wildman–Crippen LogP) is 1.98. The average molecular weight is 390 g/mol. The van der Waals surface area contributed by atoms with Gasteiger partial charge in [0.2, 0.25) is 5.95 Å². The number of hydrogen-bond acceptors (Lipinski definition) is 9. The monoisotopic (exact) mass is 389 g/mol. The van der Waals surface area contributed by atoms with Crippen LogP contribution in [0.5, 0.6) is 0 Å². The van der Waals surface area contributed by atoms with Gasteiger partial charge in [0, 0.05) is 49.4 Å². The standard InChI is InChI=1S/C18H27N7OS/c1-13-10-20-18(27-13)24-17-22-15(12-25-5-7-26-8-6-25)9-16(23-17)21-14-3-2-4-19-11-14/h9-10,14,19H,2-8,11-12H2,1H3,(H2,20,21,22,23,24). The molecule has 2 aliphatic rings. The van der Waals surface area contributed by atoms with Crippen LogP contribution in [-0.2, 0) is 11.3 Å². The molecule has 27 heavy (non-hydrogen) atoms. The summed E-state index contributed by atoms with van der Waals surface area (Å²) in [5.74, 6) is 1.47. The molecular formula is C18H27N7OS. The largest absolute Gasteiger partial charge is 0.379 e. The number of ether oxygens (including phenoxy) is 1. The van der Waals surface area contributed by atoms with Gasteiger partial charge < -0.3 is 15.4 Å². The Morgan fingerprint density at radius 2 is 2.22 bits per heavy atom. The van der Waals surface area contributed by atoms with Crippen molar-refractivity contribution < 1.29 is 4.74 Å². The molecule has 2 aliphatic heterocycles. The first-order valence-corrected chi connectivity index (χ1v) is 10.4. The maximum Gasteiger partial charge on any atom is 0.231 e. The zero-order chi connectivity index (χ0) is 18.5. The van der Waals surface area contributed by atoms with Crippen LogP contribution in [0.15, 0.2) is 12.3 Å². The van der Waals surface area contributed by atoms with E-state index >= 15 is 0 Å². The molecule has 0 spiro atoms. The van der Waals surface area contributed by atoms with E-state index in [9.17, 15) is 0 Å². The second kappa shape index (κ2) is 8.92. The van der Waals surface area contributed by atoms with Crippen molar-refractivity contribution in [3.63, 3.8) is 0 Å². The smallest absolute Gasteiger partial charge is 0.231 e. The molecule has 1 atom stereocenters. The Kier molecular flexibility index (Phi) is 6.13. The third-order valence-corrected chi connectivity index (χ3v) is 5.59. The van der Waals surface area contributed by atoms with E-state index in [4.69, 9.17) is 9.72 Å². The first-order valence-electron chi connectivity index (χ1n) is 9.59. The quantitative estimate of drug-likeness (QED) is 0.691. The molecule has 146 valence electrons. The van der Waals surface area contributed by atoms with Crippen molar-refractivity contribution in [1.82, 2.24) is 25.2 Å². The lowest BCUT2D eigenvalue weighted by Gasteiger charge is -2.27. The van der Waals surface area contributed by atoms with Gasteiger partial charge in [-0.2, -0.15) is 4.98 Å². The number of aromatic nitrogens is 3. The van der Waals surface area contributed by atoms with Crippen LogP contribution in [0.3, 0.4) is 0 Å². The lowest BCUT2D eigenvalue weighted by Crippen LogP contribution is -2.38. The van der Waals surface area contributed by atoms with Gasteiger partial charge in [-0.1, -0.05) is 0 Å². The molecule has 0 saturated carbocycles. The van der Waals surface area contributed by atoms with Gasteiger partial charge in [0.1, 0.15) is 5.82 Å². The number of morpholine rings is 1. The van der Waals surface area contributed by atoms with Gasteiger partial charge in [0.15, 0.2) is 5.13 Å². The van der Waals surface area contributed by atoms with E-state index < -0.39 is 0 Å². The molecule has 9 heteroatoms. The van der Waals surface area contributed by atoms with Crippen molar-refractivity contribution in [2.75, 3.05) is 50.0 Å². The molecule has 2 fully saturated rings. The molecule has 0 aliphatic carbocycles. The van der Waals surface area contributed by atoms with Gasteiger partial charge in [0.25, 0.3) is 0 Å². The molecule has 0 aromatic carbocycles. The Morgan fingerprint density at radius 3 is 2.96 bits per heavy atom. The second-order valence-electron chi connectivity index (χ2n) is 7.05. The molecule has 1 unspecified atom stereocenters. The minimum atomic E-state index is 0.403. The van der Waals surface area contributed by atoms with Crippen molar-refractivity contribution >= 4 is 28.2 Å². The lowest BCUT2D eigenvalue weighted by atomic mass is 10.1. The van der Waals surface area contributed by atoms with Gasteiger partial charge in [-0.15, -0.1) is 11.3 Å². The summed E-state index contributed by atoms with van der Waals surface area (Å²) in [5, 5.41) is 11.1. The highest BCUT2D eigenvalue weighted by Gasteiger charge is 2.17. The Labute approximate surface area is 163 Å². The Morgan fingerprint density at radius 1 is 1.33 bits per heavy atom. The maximum atomic E-state index is 5.45. The van der Waals surface area contributed by atoms with Crippen LogP contribution in [0.1, 0.15) is 23.4 Å². The van der Waals surface area contributed by atoms with E-state index in [-0.39, 0.29) is 0 Å². The molecule has 4 heterocycles. The minimum absolute atomic E-state index is 0.403. The lowest BCUT2D eigenvalue weighted by molar-refractivity contribution is 0.0336. The summed E-state index contributed by atoms with van der Waals surface area (Å²) < 4.78 is 5.45. The van der Waals surface area contributed by atoms with Gasteiger partial charge in [-0.05, 0) is 26.3 Å². The predicted molar refractivity (Wildman–Crippen MR) is 108 cm³/mol. The van der Waals surface area contributed by atoms with Crippen LogP contribution in [0.2, 0.25) is 0 Å². The zero-order valence-corrected chi connectivity index (χ0v) is 16.5. The van der Waals surface area contributed by atoms with Crippen molar-refractivity contribution in [3.05, 3.63) is 22.8 Å². The average Bonchev–Trinajstić information content (AvgIpc) is 3.08. The third-order valence-electron chi connectivity index (χ3n) is 4.76. The van der Waals surface area contributed by atoms with Crippen molar-refractivity contribution in [3.8, 4) is 0 Å². The molecule has 8 nitrogen and oxygen atoms in total. The van der Waals surface area contributed by atoms with Crippen LogP contribution in [0, 0.1) is 6.92 Å². The van der Waals surface area contributed by atoms with E-state index in [1.807, 2.05) is 13.1 Å². The normalized spacial score (nSPS) is 21.1. The van der Waals surface area contributed by atoms with Crippen LogP contribution >= 0.6 is 11.3 Å². The SMILES string of the molecule is Cc1cnc(Nc2nc(CN3CCOCC3)cc(NC3CCCNC3)n2)s1. The number of rotatable bonds is 6. The van der Waals surface area contributed by atoms with E-state index in [2.05, 4.69) is 36.9 Å². The van der Waals surface area contributed by atoms with Gasteiger partial charge in [-0.3, -0.25) is 10.2 Å². The number of nitrogens with one attached hydrogen (secondary N) is 3. The summed E-state index contributed by atoms with van der Waals surface area (Å²) in [6, 6.07) is 2.47. The summed E-state index contributed by atoms with van der Waals surface area (Å²) in [5.41, 5.74) is 1.01. The molecule has 0 amide bonds. The Bertz CT molecular complexity index is 703. The fraction of sp³-hybridized carbons (Fsp3) is 0.611. The van der Waals surface area contributed by atoms with Crippen molar-refractivity contribution in [2.24, 2.45) is 0 Å². The molecule has 2 aromatic rings. The molecule has 3 N–H and O–H groups in total. The second-order valence-corrected chi connectivity index (χ2v) is 8.28. The molecule has 2 aromatic heterocycles. The van der Waals surface area contributed by atoms with Crippen molar-refractivity contribution in [2.45, 2.75) is 32.4 Å². The van der Waals surface area contributed by atoms with Gasteiger partial charge in [-0.25, -0.2) is 9.97 Å². The number of thiazole rings is 1. The summed E-state index contributed by atoms with van der Waals surface area (Å²) in [4.78, 5) is 17.3. The first kappa shape index (κ1) is 18.5. The highest BCUT2D eigenvalue weighted by molar-refractivity contribution is 7.15. The van der Waals surface area contributed by atoms with E-state index in [1.165, 1.54) is 6.42 Å². The summed E-state index contributed by atoms with van der Waals surface area (Å²) in [6.07, 6.45) is 4.20. The van der Waals surface area contributed by atoms with E-state index in [0.29, 0.717) is 12.0 Å². The topological polar surface area (TPSA) is 87.2 Å². The highest BCUT2D eigenvalue weighted by atomic mass is 32.1. The number of hydrogen-bond donors (Lipinski definition) is 3. The third kappa shape index (κ3) is 5.35. The van der Waals surface area contributed by atoms with Crippen LogP contribution in [0.25, 0.3) is 0 Å². The van der Waals surface area contributed by atoms with Crippen LogP contribution in [-0.4, -0.2) is 65.3 Å². The van der Waals surface area contributed by atoms with E-state index in [0.717, 1.165) is 73.9 Å². The number of piperidine rings is 1. The van der Waals surface area contributed by atoms with Gasteiger partial charge >= 0.3 is 0 Å². The molecule has 0 bridgehead atoms. The summed E-state index contributed by atoms with van der Waals surface area (Å²) >= 11 is 1.61. The maximum absolute atomic E-state index is 5.45. The fourth-order valence-electron chi connectivity index (χ4n) is 3.39. The Hall–Kier alpha value is -1.81. The van der Waals surface area contributed by atoms with Crippen LogP contribution < -0.4 is 16.0 Å². The first-order chi connectivity index (χ1) is 13.2. The molecule has 4 rings (SSSR count). The summed E-state index contributed by atoms with van der Waals surface area (Å²) in [7, 11) is 0. The summed E-state index contributed by atoms with van der Waals surface area (Å²) in [6.45, 7) is 8.36. The van der Waals surface area contributed by atoms with Crippen LogP contribution in [0.4, 0.5) is 16.9 Å². The highest BCUT2D eigenvalue weighted by Crippen LogP contribution is 2.22. The number of nitrogens with zero attached hydrogens (tertiary/aromatic N) is 4. The molecular weight excluding hydrogens is 362 g/mol. The zero-order valence-electron chi connectivity index (χ0n) is 15.7. The number of anilines is 3. The Balaban J connectivity index is 1.52. The van der Waals surface area contributed by atoms with Crippen molar-refractivity contribution in [1.29, 1.82) is 0 Å². The molecule has 2 saturated heterocycles. The molecule has 0 radical (unpaired) electrons. The minimum Gasteiger partial charge on any atom is -0.379 e. The van der Waals surface area contributed by atoms with Gasteiger partial charge in [0.05, 0.1) is 18.9 Å². The number of aryl methyl sites for hydroxylation is 1. The fourth-order valence-corrected chi connectivity index (χ4v) is 4.05.